The number of ether oxygens (including phenoxy) is 1. The Kier molecular flexibility index (Phi) is 5.44. The highest BCUT2D eigenvalue weighted by Crippen LogP contribution is 2.28. The summed E-state index contributed by atoms with van der Waals surface area (Å²) in [7, 11) is 0. The van der Waals surface area contributed by atoms with Crippen molar-refractivity contribution in [2.75, 3.05) is 0 Å². The maximum Gasteiger partial charge on any atom is 0.248 e. The number of halogens is 1. The Morgan fingerprint density at radius 2 is 2.00 bits per heavy atom. The highest BCUT2D eigenvalue weighted by atomic mass is 32.2. The second-order valence-electron chi connectivity index (χ2n) is 5.12. The van der Waals surface area contributed by atoms with Crippen molar-refractivity contribution in [3.8, 4) is 5.75 Å². The van der Waals surface area contributed by atoms with Gasteiger partial charge in [0.2, 0.25) is 5.91 Å². The average Bonchev–Trinajstić information content (AvgIpc) is 2.45. The second kappa shape index (κ2) is 7.31. The molecule has 0 saturated heterocycles. The first-order valence-corrected chi connectivity index (χ1v) is 7.92. The van der Waals surface area contributed by atoms with Crippen molar-refractivity contribution in [3.05, 3.63) is 59.4 Å². The molecule has 22 heavy (non-hydrogen) atoms. The summed E-state index contributed by atoms with van der Waals surface area (Å²) in [6, 6.07) is 11.8. The number of carbonyl (C=O) groups excluding carboxylic acids is 1. The summed E-state index contributed by atoms with van der Waals surface area (Å²) in [5.41, 5.74) is 6.60. The highest BCUT2D eigenvalue weighted by Gasteiger charge is 2.09. The van der Waals surface area contributed by atoms with Crippen LogP contribution in [0.4, 0.5) is 4.39 Å². The van der Waals surface area contributed by atoms with Crippen LogP contribution in [0.5, 0.6) is 5.75 Å². The molecule has 0 unspecified atom stereocenters. The molecular formula is C17H18FNO2S. The number of hydrogen-bond donors (Lipinski definition) is 1. The Labute approximate surface area is 133 Å². The lowest BCUT2D eigenvalue weighted by molar-refractivity contribution is 0.0999. The Morgan fingerprint density at radius 1 is 1.27 bits per heavy atom. The van der Waals surface area contributed by atoms with Crippen LogP contribution >= 0.6 is 11.8 Å². The third-order valence-electron chi connectivity index (χ3n) is 2.85. The van der Waals surface area contributed by atoms with Gasteiger partial charge in [-0.2, -0.15) is 0 Å². The van der Waals surface area contributed by atoms with E-state index in [-0.39, 0.29) is 11.9 Å². The number of nitrogens with two attached hydrogens (primary N) is 1. The van der Waals surface area contributed by atoms with Crippen molar-refractivity contribution in [2.24, 2.45) is 5.73 Å². The van der Waals surface area contributed by atoms with Crippen molar-refractivity contribution in [2.45, 2.75) is 30.6 Å². The fourth-order valence-corrected chi connectivity index (χ4v) is 2.82. The largest absolute Gasteiger partial charge is 0.491 e. The van der Waals surface area contributed by atoms with Gasteiger partial charge < -0.3 is 10.5 Å². The zero-order valence-corrected chi connectivity index (χ0v) is 13.3. The number of amides is 1. The van der Waals surface area contributed by atoms with Crippen LogP contribution in [-0.2, 0) is 5.75 Å². The van der Waals surface area contributed by atoms with E-state index in [9.17, 15) is 9.18 Å². The number of thioether (sulfide) groups is 1. The van der Waals surface area contributed by atoms with E-state index >= 15 is 0 Å². The van der Waals surface area contributed by atoms with Gasteiger partial charge in [0.25, 0.3) is 0 Å². The van der Waals surface area contributed by atoms with E-state index in [4.69, 9.17) is 10.5 Å². The van der Waals surface area contributed by atoms with Gasteiger partial charge in [-0.25, -0.2) is 4.39 Å². The zero-order chi connectivity index (χ0) is 16.1. The molecule has 0 aliphatic rings. The maximum absolute atomic E-state index is 13.6. The van der Waals surface area contributed by atoms with E-state index in [2.05, 4.69) is 0 Å². The van der Waals surface area contributed by atoms with Gasteiger partial charge in [0.15, 0.2) is 0 Å². The molecule has 0 fully saturated rings. The molecule has 3 nitrogen and oxygen atoms in total. The minimum absolute atomic E-state index is 0.00445. The molecule has 0 aliphatic heterocycles. The average molecular weight is 319 g/mol. The van der Waals surface area contributed by atoms with Gasteiger partial charge in [-0.15, -0.1) is 11.8 Å². The SMILES string of the molecule is CC(C)Oc1cc(CSc2ccccc2F)cc(C(N)=O)c1. The molecule has 116 valence electrons. The van der Waals surface area contributed by atoms with Gasteiger partial charge in [-0.1, -0.05) is 12.1 Å². The normalized spacial score (nSPS) is 10.7. The van der Waals surface area contributed by atoms with Gasteiger partial charge >= 0.3 is 0 Å². The minimum Gasteiger partial charge on any atom is -0.491 e. The molecule has 0 bridgehead atoms. The van der Waals surface area contributed by atoms with E-state index in [0.29, 0.717) is 22.0 Å². The number of primary amides is 1. The maximum atomic E-state index is 13.6. The molecule has 0 aromatic heterocycles. The van der Waals surface area contributed by atoms with Gasteiger partial charge in [-0.05, 0) is 49.7 Å². The molecule has 0 radical (unpaired) electrons. The fourth-order valence-electron chi connectivity index (χ4n) is 1.95. The smallest absolute Gasteiger partial charge is 0.248 e. The molecular weight excluding hydrogens is 301 g/mol. The molecule has 0 saturated carbocycles. The molecule has 0 spiro atoms. The summed E-state index contributed by atoms with van der Waals surface area (Å²) >= 11 is 1.37. The first-order valence-electron chi connectivity index (χ1n) is 6.93. The van der Waals surface area contributed by atoms with E-state index in [1.807, 2.05) is 19.9 Å². The Hall–Kier alpha value is -2.01. The quantitative estimate of drug-likeness (QED) is 0.819. The molecule has 2 N–H and O–H groups in total. The van der Waals surface area contributed by atoms with E-state index in [1.165, 1.54) is 17.8 Å². The molecule has 5 heteroatoms. The predicted octanol–water partition coefficient (Wildman–Crippen LogP) is 4.00. The van der Waals surface area contributed by atoms with E-state index in [0.717, 1.165) is 5.56 Å². The lowest BCUT2D eigenvalue weighted by Gasteiger charge is -2.12. The standard InChI is InChI=1S/C17H18FNO2S/c1-11(2)21-14-8-12(7-13(9-14)17(19)20)10-22-16-6-4-3-5-15(16)18/h3-9,11H,10H2,1-2H3,(H2,19,20). The highest BCUT2D eigenvalue weighted by molar-refractivity contribution is 7.98. The number of hydrogen-bond acceptors (Lipinski definition) is 3. The molecule has 1 amide bonds. The van der Waals surface area contributed by atoms with Gasteiger partial charge in [0.05, 0.1) is 6.10 Å². The summed E-state index contributed by atoms with van der Waals surface area (Å²) in [5, 5.41) is 0. The first kappa shape index (κ1) is 16.4. The summed E-state index contributed by atoms with van der Waals surface area (Å²) in [6.45, 7) is 3.81. The van der Waals surface area contributed by atoms with E-state index < -0.39 is 5.91 Å². The van der Waals surface area contributed by atoms with Crippen molar-refractivity contribution in [3.63, 3.8) is 0 Å². The predicted molar refractivity (Wildman–Crippen MR) is 86.7 cm³/mol. The molecule has 0 heterocycles. The topological polar surface area (TPSA) is 52.3 Å². The summed E-state index contributed by atoms with van der Waals surface area (Å²) in [4.78, 5) is 12.0. The third-order valence-corrected chi connectivity index (χ3v) is 3.97. The van der Waals surface area contributed by atoms with Crippen LogP contribution in [-0.4, -0.2) is 12.0 Å². The van der Waals surface area contributed by atoms with Crippen LogP contribution in [0.2, 0.25) is 0 Å². The number of carbonyl (C=O) groups is 1. The molecule has 2 aromatic rings. The Bertz CT molecular complexity index is 673. The van der Waals surface area contributed by atoms with Crippen LogP contribution in [0.1, 0.15) is 29.8 Å². The summed E-state index contributed by atoms with van der Waals surface area (Å²) < 4.78 is 19.3. The van der Waals surface area contributed by atoms with Crippen LogP contribution < -0.4 is 10.5 Å². The Morgan fingerprint density at radius 3 is 2.64 bits per heavy atom. The zero-order valence-electron chi connectivity index (χ0n) is 12.5. The molecule has 2 rings (SSSR count). The number of benzene rings is 2. The fraction of sp³-hybridized carbons (Fsp3) is 0.235. The number of rotatable bonds is 6. The lowest BCUT2D eigenvalue weighted by atomic mass is 10.1. The minimum atomic E-state index is -0.508. The van der Waals surface area contributed by atoms with Gasteiger partial charge in [-0.3, -0.25) is 4.79 Å². The lowest BCUT2D eigenvalue weighted by Crippen LogP contribution is -2.12. The van der Waals surface area contributed by atoms with Crippen molar-refractivity contribution in [1.82, 2.24) is 0 Å². The summed E-state index contributed by atoms with van der Waals surface area (Å²) in [6.07, 6.45) is -0.00445. The van der Waals surface area contributed by atoms with Crippen LogP contribution in [0, 0.1) is 5.82 Å². The molecule has 2 aromatic carbocycles. The third kappa shape index (κ3) is 4.49. The van der Waals surface area contributed by atoms with Crippen LogP contribution in [0.25, 0.3) is 0 Å². The van der Waals surface area contributed by atoms with Crippen molar-refractivity contribution < 1.29 is 13.9 Å². The van der Waals surface area contributed by atoms with Crippen molar-refractivity contribution >= 4 is 17.7 Å². The van der Waals surface area contributed by atoms with Crippen molar-refractivity contribution in [1.29, 1.82) is 0 Å². The molecule has 0 aliphatic carbocycles. The monoisotopic (exact) mass is 319 g/mol. The molecule has 0 atom stereocenters. The van der Waals surface area contributed by atoms with E-state index in [1.54, 1.807) is 30.3 Å². The van der Waals surface area contributed by atoms with Crippen LogP contribution in [0.15, 0.2) is 47.4 Å². The first-order chi connectivity index (χ1) is 10.5. The second-order valence-corrected chi connectivity index (χ2v) is 6.13. The summed E-state index contributed by atoms with van der Waals surface area (Å²) in [5.74, 6) is 0.357. The van der Waals surface area contributed by atoms with Gasteiger partial charge in [0, 0.05) is 16.2 Å². The van der Waals surface area contributed by atoms with Gasteiger partial charge in [0.1, 0.15) is 11.6 Å². The van der Waals surface area contributed by atoms with Crippen LogP contribution in [0.3, 0.4) is 0 Å². The Balaban J connectivity index is 2.20.